The molecule has 1 aromatic carbocycles. The predicted molar refractivity (Wildman–Crippen MR) is 88.1 cm³/mol. The maximum Gasteiger partial charge on any atom is 0.338 e. The van der Waals surface area contributed by atoms with E-state index in [2.05, 4.69) is 24.5 Å². The average molecular weight is 306 g/mol. The number of amides is 2. The minimum atomic E-state index is -0.374. The van der Waals surface area contributed by atoms with E-state index in [1.54, 1.807) is 24.3 Å². The summed E-state index contributed by atoms with van der Waals surface area (Å²) in [5.74, 6) is 0.0941. The van der Waals surface area contributed by atoms with Crippen molar-refractivity contribution >= 4 is 17.7 Å². The van der Waals surface area contributed by atoms with Crippen LogP contribution in [0.25, 0.3) is 0 Å². The molecule has 0 fully saturated rings. The maximum absolute atomic E-state index is 12.1. The number of ether oxygens (including phenoxy) is 1. The third kappa shape index (κ3) is 6.61. The number of esters is 1. The van der Waals surface area contributed by atoms with E-state index < -0.39 is 0 Å². The van der Waals surface area contributed by atoms with Crippen molar-refractivity contribution in [1.29, 1.82) is 0 Å². The van der Waals surface area contributed by atoms with E-state index in [-0.39, 0.29) is 24.1 Å². The van der Waals surface area contributed by atoms with Gasteiger partial charge in [-0.3, -0.25) is 0 Å². The Morgan fingerprint density at radius 3 is 2.41 bits per heavy atom. The summed E-state index contributed by atoms with van der Waals surface area (Å²) >= 11 is 0. The quantitative estimate of drug-likeness (QED) is 0.785. The van der Waals surface area contributed by atoms with Gasteiger partial charge in [0, 0.05) is 11.7 Å². The fourth-order valence-corrected chi connectivity index (χ4v) is 2.12. The Bertz CT molecular complexity index is 512. The summed E-state index contributed by atoms with van der Waals surface area (Å²) < 4.78 is 5.40. The van der Waals surface area contributed by atoms with Crippen LogP contribution in [0.4, 0.5) is 10.5 Å². The third-order valence-electron chi connectivity index (χ3n) is 2.89. The molecule has 0 saturated heterocycles. The third-order valence-corrected chi connectivity index (χ3v) is 2.89. The Kier molecular flexibility index (Phi) is 6.89. The number of carbonyl (C=O) groups is 2. The Hall–Kier alpha value is -2.04. The van der Waals surface area contributed by atoms with Crippen LogP contribution in [0.3, 0.4) is 0 Å². The molecule has 1 aromatic rings. The Morgan fingerprint density at radius 2 is 1.82 bits per heavy atom. The predicted octanol–water partition coefficient (Wildman–Crippen LogP) is 3.81. The average Bonchev–Trinajstić information content (AvgIpc) is 2.36. The van der Waals surface area contributed by atoms with Gasteiger partial charge in [-0.1, -0.05) is 19.9 Å². The molecule has 0 spiro atoms. The number of carbonyl (C=O) groups excluding carboxylic acids is 2. The summed E-state index contributed by atoms with van der Waals surface area (Å²) in [4.78, 5) is 23.8. The van der Waals surface area contributed by atoms with Crippen LogP contribution in [-0.4, -0.2) is 24.1 Å². The van der Waals surface area contributed by atoms with Gasteiger partial charge in [-0.15, -0.1) is 0 Å². The summed E-state index contributed by atoms with van der Waals surface area (Å²) in [6.07, 6.45) is 0.689. The van der Waals surface area contributed by atoms with Crippen LogP contribution >= 0.6 is 0 Å². The number of hydrogen-bond donors (Lipinski definition) is 2. The SMILES string of the molecule is CC(C)CC(C)OC(=O)c1cccc(NC(=O)NC(C)C)c1. The van der Waals surface area contributed by atoms with Crippen LogP contribution in [0.15, 0.2) is 24.3 Å². The Labute approximate surface area is 132 Å². The van der Waals surface area contributed by atoms with Crippen LogP contribution in [0.2, 0.25) is 0 Å². The van der Waals surface area contributed by atoms with Gasteiger partial charge in [-0.05, 0) is 51.3 Å². The highest BCUT2D eigenvalue weighted by molar-refractivity contribution is 5.94. The molecule has 0 aromatic heterocycles. The first-order valence-corrected chi connectivity index (χ1v) is 7.66. The zero-order valence-electron chi connectivity index (χ0n) is 14.0. The lowest BCUT2D eigenvalue weighted by Crippen LogP contribution is -2.34. The summed E-state index contributed by atoms with van der Waals surface area (Å²) in [6.45, 7) is 9.81. The van der Waals surface area contributed by atoms with Crippen molar-refractivity contribution in [1.82, 2.24) is 5.32 Å². The van der Waals surface area contributed by atoms with Crippen molar-refractivity contribution in [3.05, 3.63) is 29.8 Å². The summed E-state index contributed by atoms with van der Waals surface area (Å²) in [5.41, 5.74) is 0.988. The van der Waals surface area contributed by atoms with Gasteiger partial charge in [0.2, 0.25) is 0 Å². The Morgan fingerprint density at radius 1 is 1.14 bits per heavy atom. The molecule has 1 unspecified atom stereocenters. The van der Waals surface area contributed by atoms with Crippen LogP contribution in [0.1, 0.15) is 51.4 Å². The number of rotatable bonds is 6. The van der Waals surface area contributed by atoms with Gasteiger partial charge in [0.05, 0.1) is 11.7 Å². The lowest BCUT2D eigenvalue weighted by Gasteiger charge is -2.15. The highest BCUT2D eigenvalue weighted by atomic mass is 16.5. The molecule has 0 bridgehead atoms. The zero-order chi connectivity index (χ0) is 16.7. The fraction of sp³-hybridized carbons (Fsp3) is 0.529. The monoisotopic (exact) mass is 306 g/mol. The number of hydrogen-bond acceptors (Lipinski definition) is 3. The minimum absolute atomic E-state index is 0.0463. The molecule has 0 radical (unpaired) electrons. The van der Waals surface area contributed by atoms with E-state index in [9.17, 15) is 9.59 Å². The van der Waals surface area contributed by atoms with Crippen molar-refractivity contribution in [3.63, 3.8) is 0 Å². The molecule has 0 aliphatic heterocycles. The van der Waals surface area contributed by atoms with E-state index in [0.29, 0.717) is 17.2 Å². The first-order chi connectivity index (χ1) is 10.3. The van der Waals surface area contributed by atoms with Crippen molar-refractivity contribution < 1.29 is 14.3 Å². The first kappa shape index (κ1) is 18.0. The largest absolute Gasteiger partial charge is 0.459 e. The van der Waals surface area contributed by atoms with E-state index in [1.165, 1.54) is 0 Å². The van der Waals surface area contributed by atoms with Gasteiger partial charge in [-0.2, -0.15) is 0 Å². The second kappa shape index (κ2) is 8.41. The molecule has 1 atom stereocenters. The smallest absolute Gasteiger partial charge is 0.338 e. The zero-order valence-corrected chi connectivity index (χ0v) is 14.0. The lowest BCUT2D eigenvalue weighted by molar-refractivity contribution is 0.0299. The van der Waals surface area contributed by atoms with Crippen LogP contribution in [-0.2, 0) is 4.74 Å². The van der Waals surface area contributed by atoms with Crippen LogP contribution in [0, 0.1) is 5.92 Å². The second-order valence-corrected chi connectivity index (χ2v) is 6.18. The molecule has 122 valence electrons. The maximum atomic E-state index is 12.1. The molecule has 22 heavy (non-hydrogen) atoms. The van der Waals surface area contributed by atoms with Gasteiger partial charge in [0.1, 0.15) is 0 Å². The van der Waals surface area contributed by atoms with Gasteiger partial charge in [0.25, 0.3) is 0 Å². The number of nitrogens with one attached hydrogen (secondary N) is 2. The van der Waals surface area contributed by atoms with Gasteiger partial charge < -0.3 is 15.4 Å². The van der Waals surface area contributed by atoms with Crippen LogP contribution < -0.4 is 10.6 Å². The molecule has 2 amide bonds. The molecule has 0 aliphatic rings. The molecule has 5 nitrogen and oxygen atoms in total. The molecule has 2 N–H and O–H groups in total. The van der Waals surface area contributed by atoms with Gasteiger partial charge >= 0.3 is 12.0 Å². The molecule has 0 saturated carbocycles. The molecule has 1 rings (SSSR count). The first-order valence-electron chi connectivity index (χ1n) is 7.66. The minimum Gasteiger partial charge on any atom is -0.459 e. The fourth-order valence-electron chi connectivity index (χ4n) is 2.12. The summed E-state index contributed by atoms with van der Waals surface area (Å²) in [5, 5.41) is 5.42. The topological polar surface area (TPSA) is 67.4 Å². The Balaban J connectivity index is 2.67. The standard InChI is InChI=1S/C17H26N2O3/c1-11(2)9-13(5)22-16(20)14-7-6-8-15(10-14)19-17(21)18-12(3)4/h6-8,10-13H,9H2,1-5H3,(H2,18,19,21). The summed E-state index contributed by atoms with van der Waals surface area (Å²) in [6, 6.07) is 6.49. The van der Waals surface area contributed by atoms with E-state index in [4.69, 9.17) is 4.74 Å². The highest BCUT2D eigenvalue weighted by Gasteiger charge is 2.14. The van der Waals surface area contributed by atoms with Gasteiger partial charge in [-0.25, -0.2) is 9.59 Å². The van der Waals surface area contributed by atoms with Crippen molar-refractivity contribution in [3.8, 4) is 0 Å². The summed E-state index contributed by atoms with van der Waals surface area (Å²) in [7, 11) is 0. The highest BCUT2D eigenvalue weighted by Crippen LogP contribution is 2.14. The molecule has 0 aliphatic carbocycles. The van der Waals surface area contributed by atoms with Crippen LogP contribution in [0.5, 0.6) is 0 Å². The van der Waals surface area contributed by atoms with E-state index in [1.807, 2.05) is 20.8 Å². The van der Waals surface area contributed by atoms with Crippen molar-refractivity contribution in [2.24, 2.45) is 5.92 Å². The molecular weight excluding hydrogens is 280 g/mol. The molecule has 5 heteroatoms. The van der Waals surface area contributed by atoms with Gasteiger partial charge in [0.15, 0.2) is 0 Å². The number of urea groups is 1. The molecule has 0 heterocycles. The van der Waals surface area contributed by atoms with Crippen molar-refractivity contribution in [2.45, 2.75) is 53.2 Å². The number of benzene rings is 1. The molecular formula is C17H26N2O3. The number of anilines is 1. The van der Waals surface area contributed by atoms with Crippen molar-refractivity contribution in [2.75, 3.05) is 5.32 Å². The normalized spacial score (nSPS) is 12.1. The van der Waals surface area contributed by atoms with E-state index >= 15 is 0 Å². The lowest BCUT2D eigenvalue weighted by atomic mass is 10.1. The van der Waals surface area contributed by atoms with E-state index in [0.717, 1.165) is 6.42 Å². The second-order valence-electron chi connectivity index (χ2n) is 6.18.